The molecule has 0 unspecified atom stereocenters. The van der Waals surface area contributed by atoms with E-state index >= 15 is 0 Å². The third-order valence-corrected chi connectivity index (χ3v) is 3.42. The molecule has 6 nitrogen and oxygen atoms in total. The first kappa shape index (κ1) is 19.0. The minimum absolute atomic E-state index is 0.0299. The molecule has 0 radical (unpaired) electrons. The van der Waals surface area contributed by atoms with Gasteiger partial charge < -0.3 is 15.4 Å². The Morgan fingerprint density at radius 2 is 1.83 bits per heavy atom. The predicted molar refractivity (Wildman–Crippen MR) is 86.6 cm³/mol. The summed E-state index contributed by atoms with van der Waals surface area (Å²) in [6, 6.07) is 5.37. The Bertz CT molecular complexity index is 537. The number of nitrogens with one attached hydrogen (secondary N) is 2. The van der Waals surface area contributed by atoms with Crippen LogP contribution in [0.25, 0.3) is 0 Å². The van der Waals surface area contributed by atoms with Crippen LogP contribution in [0, 0.1) is 5.82 Å². The third kappa shape index (κ3) is 8.82. The van der Waals surface area contributed by atoms with E-state index in [1.165, 1.54) is 24.3 Å². The number of rotatable bonds is 9. The van der Waals surface area contributed by atoms with E-state index in [9.17, 15) is 18.8 Å². The summed E-state index contributed by atoms with van der Waals surface area (Å²) < 4.78 is 17.5. The molecule has 0 saturated carbocycles. The first-order valence-electron chi connectivity index (χ1n) is 7.06. The Kier molecular flexibility index (Phi) is 8.74. The molecule has 0 spiro atoms. The summed E-state index contributed by atoms with van der Waals surface area (Å²) in [5, 5.41) is 5.15. The van der Waals surface area contributed by atoms with Crippen LogP contribution in [-0.4, -0.2) is 42.4 Å². The Morgan fingerprint density at radius 3 is 2.48 bits per heavy atom. The van der Waals surface area contributed by atoms with Crippen LogP contribution >= 0.6 is 11.8 Å². The largest absolute Gasteiger partial charge is 0.455 e. The molecule has 2 N–H and O–H groups in total. The molecule has 1 rings (SSSR count). The minimum atomic E-state index is -0.559. The number of anilines is 1. The molecule has 0 saturated heterocycles. The van der Waals surface area contributed by atoms with Crippen LogP contribution in [0.3, 0.4) is 0 Å². The Labute approximate surface area is 138 Å². The highest BCUT2D eigenvalue weighted by atomic mass is 32.2. The predicted octanol–water partition coefficient (Wildman–Crippen LogP) is 1.57. The fourth-order valence-electron chi connectivity index (χ4n) is 1.46. The lowest BCUT2D eigenvalue weighted by atomic mass is 10.3. The zero-order chi connectivity index (χ0) is 17.1. The number of benzene rings is 1. The summed E-state index contributed by atoms with van der Waals surface area (Å²) in [7, 11) is 0. The first-order chi connectivity index (χ1) is 11.0. The summed E-state index contributed by atoms with van der Waals surface area (Å²) in [4.78, 5) is 34.3. The number of thioether (sulfide) groups is 1. The lowest BCUT2D eigenvalue weighted by molar-refractivity contribution is -0.145. The molecular weight excluding hydrogens is 323 g/mol. The Hall–Kier alpha value is -2.09. The van der Waals surface area contributed by atoms with Crippen molar-refractivity contribution in [3.8, 4) is 0 Å². The lowest BCUT2D eigenvalue weighted by Crippen LogP contribution is -2.29. The summed E-state index contributed by atoms with van der Waals surface area (Å²) in [5.41, 5.74) is 0.479. The molecule has 0 fully saturated rings. The van der Waals surface area contributed by atoms with E-state index in [-0.39, 0.29) is 35.7 Å². The second-order valence-electron chi connectivity index (χ2n) is 4.56. The molecule has 0 bridgehead atoms. The maximum Gasteiger partial charge on any atom is 0.316 e. The van der Waals surface area contributed by atoms with Crippen molar-refractivity contribution in [3.05, 3.63) is 30.1 Å². The maximum absolute atomic E-state index is 12.7. The molecule has 0 aliphatic heterocycles. The molecule has 8 heteroatoms. The summed E-state index contributed by atoms with van der Waals surface area (Å²) in [6.45, 7) is 2.13. The van der Waals surface area contributed by atoms with Gasteiger partial charge in [0.2, 0.25) is 5.91 Å². The van der Waals surface area contributed by atoms with Gasteiger partial charge in [0.15, 0.2) is 6.61 Å². The highest BCUT2D eigenvalue weighted by Crippen LogP contribution is 2.09. The average molecular weight is 342 g/mol. The zero-order valence-electron chi connectivity index (χ0n) is 12.8. The van der Waals surface area contributed by atoms with Gasteiger partial charge in [-0.1, -0.05) is 6.92 Å². The summed E-state index contributed by atoms with van der Waals surface area (Å²) >= 11 is 1.07. The Balaban J connectivity index is 2.15. The zero-order valence-corrected chi connectivity index (χ0v) is 13.6. The van der Waals surface area contributed by atoms with Gasteiger partial charge in [-0.3, -0.25) is 14.4 Å². The molecule has 0 aliphatic rings. The molecule has 0 aliphatic carbocycles. The first-order valence-corrected chi connectivity index (χ1v) is 8.22. The highest BCUT2D eigenvalue weighted by Gasteiger charge is 2.09. The fraction of sp³-hybridized carbons (Fsp3) is 0.400. The Morgan fingerprint density at radius 1 is 1.13 bits per heavy atom. The van der Waals surface area contributed by atoms with E-state index in [1.54, 1.807) is 0 Å². The monoisotopic (exact) mass is 342 g/mol. The van der Waals surface area contributed by atoms with Crippen molar-refractivity contribution >= 4 is 35.2 Å². The standard InChI is InChI=1S/C15H19FN2O4S/c1-2-7-17-13(19)8-22-15(21)10-23-9-14(20)18-12-5-3-11(16)4-6-12/h3-6H,2,7-10H2,1H3,(H,17,19)(H,18,20). The third-order valence-electron chi connectivity index (χ3n) is 2.52. The number of amides is 2. The van der Waals surface area contributed by atoms with Crippen molar-refractivity contribution in [2.24, 2.45) is 0 Å². The molecule has 0 aromatic heterocycles. The van der Waals surface area contributed by atoms with Gasteiger partial charge >= 0.3 is 5.97 Å². The van der Waals surface area contributed by atoms with Crippen molar-refractivity contribution in [1.29, 1.82) is 0 Å². The van der Waals surface area contributed by atoms with E-state index in [0.717, 1.165) is 18.2 Å². The maximum atomic E-state index is 12.7. The van der Waals surface area contributed by atoms with E-state index in [0.29, 0.717) is 12.2 Å². The van der Waals surface area contributed by atoms with Crippen molar-refractivity contribution < 1.29 is 23.5 Å². The molecule has 0 atom stereocenters. The molecule has 23 heavy (non-hydrogen) atoms. The van der Waals surface area contributed by atoms with Crippen LogP contribution < -0.4 is 10.6 Å². The van der Waals surface area contributed by atoms with E-state index in [2.05, 4.69) is 10.6 Å². The van der Waals surface area contributed by atoms with Gasteiger partial charge in [-0.15, -0.1) is 11.8 Å². The average Bonchev–Trinajstić information content (AvgIpc) is 2.53. The molecule has 126 valence electrons. The van der Waals surface area contributed by atoms with Gasteiger partial charge in [0, 0.05) is 12.2 Å². The summed E-state index contributed by atoms with van der Waals surface area (Å²) in [6.07, 6.45) is 0.804. The number of ether oxygens (including phenoxy) is 1. The van der Waals surface area contributed by atoms with Crippen LogP contribution in [0.2, 0.25) is 0 Å². The molecular formula is C15H19FN2O4S. The van der Waals surface area contributed by atoms with Gasteiger partial charge in [-0.05, 0) is 30.7 Å². The second kappa shape index (κ2) is 10.6. The number of carbonyl (C=O) groups excluding carboxylic acids is 3. The van der Waals surface area contributed by atoms with E-state index in [4.69, 9.17) is 4.74 Å². The topological polar surface area (TPSA) is 84.5 Å². The highest BCUT2D eigenvalue weighted by molar-refractivity contribution is 8.00. The van der Waals surface area contributed by atoms with Crippen molar-refractivity contribution in [3.63, 3.8) is 0 Å². The number of hydrogen-bond acceptors (Lipinski definition) is 5. The molecule has 2 amide bonds. The van der Waals surface area contributed by atoms with Gasteiger partial charge in [-0.25, -0.2) is 4.39 Å². The number of carbonyl (C=O) groups is 3. The van der Waals surface area contributed by atoms with E-state index in [1.807, 2.05) is 6.92 Å². The van der Waals surface area contributed by atoms with Gasteiger partial charge in [0.05, 0.1) is 11.5 Å². The SMILES string of the molecule is CCCNC(=O)COC(=O)CSCC(=O)Nc1ccc(F)cc1. The van der Waals surface area contributed by atoms with Crippen molar-refractivity contribution in [2.45, 2.75) is 13.3 Å². The van der Waals surface area contributed by atoms with Crippen LogP contribution in [0.15, 0.2) is 24.3 Å². The van der Waals surface area contributed by atoms with Crippen molar-refractivity contribution in [2.75, 3.05) is 30.0 Å². The van der Waals surface area contributed by atoms with Gasteiger partial charge in [0.1, 0.15) is 5.82 Å². The van der Waals surface area contributed by atoms with E-state index < -0.39 is 5.97 Å². The van der Waals surface area contributed by atoms with Crippen LogP contribution in [0.1, 0.15) is 13.3 Å². The normalized spacial score (nSPS) is 10.0. The smallest absolute Gasteiger partial charge is 0.316 e. The van der Waals surface area contributed by atoms with Crippen LogP contribution in [0.5, 0.6) is 0 Å². The van der Waals surface area contributed by atoms with Crippen molar-refractivity contribution in [1.82, 2.24) is 5.32 Å². The van der Waals surface area contributed by atoms with Gasteiger partial charge in [-0.2, -0.15) is 0 Å². The number of hydrogen-bond donors (Lipinski definition) is 2. The van der Waals surface area contributed by atoms with Gasteiger partial charge in [0.25, 0.3) is 5.91 Å². The number of esters is 1. The minimum Gasteiger partial charge on any atom is -0.455 e. The quantitative estimate of drug-likeness (QED) is 0.666. The van der Waals surface area contributed by atoms with Crippen LogP contribution in [-0.2, 0) is 19.1 Å². The lowest BCUT2D eigenvalue weighted by Gasteiger charge is -2.06. The summed E-state index contributed by atoms with van der Waals surface area (Å²) in [5.74, 6) is -1.58. The second-order valence-corrected chi connectivity index (χ2v) is 5.54. The number of halogens is 1. The molecule has 1 aromatic carbocycles. The fourth-order valence-corrected chi connectivity index (χ4v) is 2.07. The molecule has 0 heterocycles. The van der Waals surface area contributed by atoms with Crippen LogP contribution in [0.4, 0.5) is 10.1 Å². The molecule has 1 aromatic rings.